The highest BCUT2D eigenvalue weighted by Gasteiger charge is 2.24. The molecular weight excluding hydrogens is 320 g/mol. The maximum atomic E-state index is 12.6. The molecule has 0 aliphatic carbocycles. The van der Waals surface area contributed by atoms with Gasteiger partial charge in [0.1, 0.15) is 0 Å². The predicted molar refractivity (Wildman–Crippen MR) is 100 cm³/mol. The van der Waals surface area contributed by atoms with E-state index >= 15 is 0 Å². The van der Waals surface area contributed by atoms with Crippen LogP contribution in [0.25, 0.3) is 0 Å². The molecule has 0 aromatic heterocycles. The fraction of sp³-hybridized carbons (Fsp3) is 0.350. The maximum absolute atomic E-state index is 12.6. The lowest BCUT2D eigenvalue weighted by Crippen LogP contribution is -2.49. The number of nitrogens with zero attached hydrogens (tertiary/aromatic N) is 2. The van der Waals surface area contributed by atoms with Gasteiger partial charge in [-0.3, -0.25) is 4.79 Å². The third kappa shape index (κ3) is 3.41. The van der Waals surface area contributed by atoms with Crippen molar-refractivity contribution in [2.75, 3.05) is 31.1 Å². The number of carbonyl (C=O) groups is 1. The fourth-order valence-electron chi connectivity index (χ4n) is 3.32. The number of carbonyl (C=O) groups excluding carboxylic acids is 1. The first-order valence-corrected chi connectivity index (χ1v) is 8.71. The van der Waals surface area contributed by atoms with Crippen LogP contribution in [0.2, 0.25) is 5.02 Å². The van der Waals surface area contributed by atoms with Gasteiger partial charge in [-0.1, -0.05) is 35.4 Å². The molecule has 4 heteroatoms. The molecule has 3 nitrogen and oxygen atoms in total. The summed E-state index contributed by atoms with van der Waals surface area (Å²) >= 11 is 6.46. The summed E-state index contributed by atoms with van der Waals surface area (Å²) in [5.41, 5.74) is 5.40. The molecule has 1 amide bonds. The molecule has 1 aliphatic rings. The minimum atomic E-state index is 0.112. The third-order valence-corrected chi connectivity index (χ3v) is 4.87. The first-order valence-electron chi connectivity index (χ1n) is 8.33. The number of anilines is 1. The van der Waals surface area contributed by atoms with E-state index in [0.717, 1.165) is 42.5 Å². The van der Waals surface area contributed by atoms with E-state index < -0.39 is 0 Å². The summed E-state index contributed by atoms with van der Waals surface area (Å²) in [6, 6.07) is 12.0. The number of rotatable bonds is 2. The smallest absolute Gasteiger partial charge is 0.253 e. The Morgan fingerprint density at radius 3 is 2.12 bits per heavy atom. The van der Waals surface area contributed by atoms with Crippen LogP contribution in [0.3, 0.4) is 0 Å². The van der Waals surface area contributed by atoms with E-state index in [9.17, 15) is 4.79 Å². The molecule has 3 rings (SSSR count). The average Bonchev–Trinajstić information content (AvgIpc) is 2.54. The van der Waals surface area contributed by atoms with Crippen molar-refractivity contribution < 1.29 is 4.79 Å². The molecule has 1 saturated heterocycles. The first kappa shape index (κ1) is 16.8. The second-order valence-electron chi connectivity index (χ2n) is 6.56. The number of piperazine rings is 1. The second kappa shape index (κ2) is 6.86. The van der Waals surface area contributed by atoms with Gasteiger partial charge in [0.05, 0.1) is 10.7 Å². The van der Waals surface area contributed by atoms with Gasteiger partial charge in [0.2, 0.25) is 0 Å². The van der Waals surface area contributed by atoms with E-state index in [1.54, 1.807) is 0 Å². The number of benzene rings is 2. The molecule has 0 bridgehead atoms. The van der Waals surface area contributed by atoms with Gasteiger partial charge >= 0.3 is 0 Å². The van der Waals surface area contributed by atoms with Crippen molar-refractivity contribution in [3.05, 3.63) is 63.7 Å². The van der Waals surface area contributed by atoms with E-state index in [-0.39, 0.29) is 5.91 Å². The van der Waals surface area contributed by atoms with Gasteiger partial charge in [-0.05, 0) is 50.1 Å². The lowest BCUT2D eigenvalue weighted by molar-refractivity contribution is 0.0747. The lowest BCUT2D eigenvalue weighted by atomic mass is 10.1. The Labute approximate surface area is 148 Å². The molecule has 0 saturated carbocycles. The van der Waals surface area contributed by atoms with Crippen molar-refractivity contribution >= 4 is 23.2 Å². The highest BCUT2D eigenvalue weighted by Crippen LogP contribution is 2.31. The zero-order valence-electron chi connectivity index (χ0n) is 14.5. The van der Waals surface area contributed by atoms with Crippen LogP contribution in [-0.2, 0) is 0 Å². The molecule has 24 heavy (non-hydrogen) atoms. The summed E-state index contributed by atoms with van der Waals surface area (Å²) in [6.45, 7) is 9.23. The van der Waals surface area contributed by atoms with Gasteiger partial charge in [0.15, 0.2) is 0 Å². The lowest BCUT2D eigenvalue weighted by Gasteiger charge is -2.37. The summed E-state index contributed by atoms with van der Waals surface area (Å²) in [6.07, 6.45) is 0. The van der Waals surface area contributed by atoms with Crippen LogP contribution >= 0.6 is 11.6 Å². The summed E-state index contributed by atoms with van der Waals surface area (Å²) in [7, 11) is 0. The number of amides is 1. The Morgan fingerprint density at radius 1 is 0.917 bits per heavy atom. The van der Waals surface area contributed by atoms with E-state index in [1.807, 2.05) is 42.2 Å². The minimum Gasteiger partial charge on any atom is -0.367 e. The SMILES string of the molecule is Cc1ccc(C(=O)N2CCN(c3c(C)cc(C)cc3Cl)CC2)cc1. The Bertz CT molecular complexity index is 724. The number of aryl methyl sites for hydroxylation is 3. The van der Waals surface area contributed by atoms with Crippen molar-refractivity contribution in [2.24, 2.45) is 0 Å². The van der Waals surface area contributed by atoms with Gasteiger partial charge in [0.25, 0.3) is 5.91 Å². The van der Waals surface area contributed by atoms with E-state index in [0.29, 0.717) is 0 Å². The van der Waals surface area contributed by atoms with E-state index in [4.69, 9.17) is 11.6 Å². The van der Waals surface area contributed by atoms with Crippen molar-refractivity contribution in [3.8, 4) is 0 Å². The van der Waals surface area contributed by atoms with Crippen LogP contribution in [0, 0.1) is 20.8 Å². The summed E-state index contributed by atoms with van der Waals surface area (Å²) in [5, 5.41) is 0.797. The monoisotopic (exact) mass is 342 g/mol. The molecule has 1 heterocycles. The molecule has 126 valence electrons. The number of halogens is 1. The fourth-order valence-corrected chi connectivity index (χ4v) is 3.76. The highest BCUT2D eigenvalue weighted by molar-refractivity contribution is 6.33. The van der Waals surface area contributed by atoms with Gasteiger partial charge in [-0.25, -0.2) is 0 Å². The zero-order valence-corrected chi connectivity index (χ0v) is 15.2. The van der Waals surface area contributed by atoms with Gasteiger partial charge in [-0.15, -0.1) is 0 Å². The summed E-state index contributed by atoms with van der Waals surface area (Å²) in [4.78, 5) is 16.8. The van der Waals surface area contributed by atoms with Crippen molar-refractivity contribution in [1.82, 2.24) is 4.90 Å². The molecule has 0 atom stereocenters. The zero-order chi connectivity index (χ0) is 17.3. The van der Waals surface area contributed by atoms with Gasteiger partial charge in [0, 0.05) is 31.7 Å². The Kier molecular flexibility index (Phi) is 4.81. The number of hydrogen-bond acceptors (Lipinski definition) is 2. The van der Waals surface area contributed by atoms with E-state index in [1.165, 1.54) is 16.7 Å². The Hall–Kier alpha value is -2.00. The topological polar surface area (TPSA) is 23.6 Å². The normalized spacial score (nSPS) is 14.8. The molecule has 0 N–H and O–H groups in total. The minimum absolute atomic E-state index is 0.112. The van der Waals surface area contributed by atoms with Crippen LogP contribution in [0.4, 0.5) is 5.69 Å². The third-order valence-electron chi connectivity index (χ3n) is 4.58. The standard InChI is InChI=1S/C20H23ClN2O/c1-14-4-6-17(7-5-14)20(24)23-10-8-22(9-11-23)19-16(3)12-15(2)13-18(19)21/h4-7,12-13H,8-11H2,1-3H3. The van der Waals surface area contributed by atoms with Crippen molar-refractivity contribution in [2.45, 2.75) is 20.8 Å². The molecule has 1 fully saturated rings. The highest BCUT2D eigenvalue weighted by atomic mass is 35.5. The predicted octanol–water partition coefficient (Wildman–Crippen LogP) is 4.23. The van der Waals surface area contributed by atoms with Crippen molar-refractivity contribution in [1.29, 1.82) is 0 Å². The molecule has 0 unspecified atom stereocenters. The second-order valence-corrected chi connectivity index (χ2v) is 6.96. The number of hydrogen-bond donors (Lipinski definition) is 0. The first-order chi connectivity index (χ1) is 11.5. The van der Waals surface area contributed by atoms with Gasteiger partial charge < -0.3 is 9.80 Å². The summed E-state index contributed by atoms with van der Waals surface area (Å²) < 4.78 is 0. The average molecular weight is 343 g/mol. The molecule has 2 aromatic carbocycles. The Balaban J connectivity index is 1.70. The Morgan fingerprint density at radius 2 is 1.54 bits per heavy atom. The van der Waals surface area contributed by atoms with E-state index in [2.05, 4.69) is 24.8 Å². The van der Waals surface area contributed by atoms with Crippen LogP contribution in [-0.4, -0.2) is 37.0 Å². The molecule has 0 spiro atoms. The quantitative estimate of drug-likeness (QED) is 0.815. The van der Waals surface area contributed by atoms with Crippen LogP contribution in [0.5, 0.6) is 0 Å². The molecule has 2 aromatic rings. The van der Waals surface area contributed by atoms with Gasteiger partial charge in [-0.2, -0.15) is 0 Å². The maximum Gasteiger partial charge on any atom is 0.253 e. The van der Waals surface area contributed by atoms with Crippen molar-refractivity contribution in [3.63, 3.8) is 0 Å². The molecular formula is C20H23ClN2O. The molecule has 1 aliphatic heterocycles. The summed E-state index contributed by atoms with van der Waals surface area (Å²) in [5.74, 6) is 0.112. The van der Waals surface area contributed by atoms with Crippen LogP contribution in [0.1, 0.15) is 27.0 Å². The van der Waals surface area contributed by atoms with Crippen LogP contribution < -0.4 is 4.90 Å². The van der Waals surface area contributed by atoms with Crippen LogP contribution in [0.15, 0.2) is 36.4 Å². The molecule has 0 radical (unpaired) electrons. The largest absolute Gasteiger partial charge is 0.367 e.